The van der Waals surface area contributed by atoms with Crippen LogP contribution in [-0.4, -0.2) is 23.5 Å². The number of hydroxylamine groups is 2. The molecule has 0 bridgehead atoms. The molecule has 5 rings (SSSR count). The highest BCUT2D eigenvalue weighted by molar-refractivity contribution is 5.93. The summed E-state index contributed by atoms with van der Waals surface area (Å²) in [5.41, 5.74) is 5.13. The summed E-state index contributed by atoms with van der Waals surface area (Å²) >= 11 is 0. The number of amides is 2. The average Bonchev–Trinajstić information content (AvgIpc) is 3.08. The maximum atomic E-state index is 13.7. The maximum absolute atomic E-state index is 13.7. The fourth-order valence-electron chi connectivity index (χ4n) is 5.37. The first-order chi connectivity index (χ1) is 18.2. The maximum Gasteiger partial charge on any atom is 0.274 e. The molecular formula is C29H29F2N3O4. The number of rotatable bonds is 6. The molecule has 0 aromatic heterocycles. The minimum absolute atomic E-state index is 0.0955. The van der Waals surface area contributed by atoms with Crippen LogP contribution in [0.15, 0.2) is 72.8 Å². The van der Waals surface area contributed by atoms with Gasteiger partial charge in [-0.2, -0.15) is 5.48 Å². The molecule has 2 aliphatic heterocycles. The lowest BCUT2D eigenvalue weighted by molar-refractivity contribution is -0.187. The number of fused-ring (bicyclic) bond motifs is 1. The molecule has 0 aliphatic carbocycles. The molecule has 0 radical (unpaired) electrons. The number of carbonyl (C=O) groups excluding carboxylic acids is 2. The van der Waals surface area contributed by atoms with Crippen molar-refractivity contribution in [1.29, 1.82) is 0 Å². The number of para-hydroxylation sites is 1. The van der Waals surface area contributed by atoms with Gasteiger partial charge in [0.25, 0.3) is 5.91 Å². The first kappa shape index (κ1) is 25.8. The zero-order chi connectivity index (χ0) is 26.8. The molecule has 0 spiro atoms. The number of benzene rings is 3. The molecule has 2 amide bonds. The molecular weight excluding hydrogens is 492 g/mol. The SMILES string of the molecule is CC1(C[C@@H]2CCc3ccccc3ON2)C[C@@](NC(=O)Cc2cc(F)cc(F)c2)(c2ccccc2)C(=O)NO1. The van der Waals surface area contributed by atoms with Gasteiger partial charge in [-0.05, 0) is 61.1 Å². The molecule has 3 atom stereocenters. The van der Waals surface area contributed by atoms with Gasteiger partial charge in [0, 0.05) is 18.5 Å². The summed E-state index contributed by atoms with van der Waals surface area (Å²) in [6, 6.07) is 19.6. The van der Waals surface area contributed by atoms with Crippen LogP contribution in [0.4, 0.5) is 8.78 Å². The normalized spacial score (nSPS) is 24.9. The Balaban J connectivity index is 1.38. The number of aryl methyl sites for hydroxylation is 1. The Bertz CT molecular complexity index is 1290. The molecule has 2 aliphatic rings. The topological polar surface area (TPSA) is 88.7 Å². The summed E-state index contributed by atoms with van der Waals surface area (Å²) in [4.78, 5) is 38.3. The van der Waals surface area contributed by atoms with Gasteiger partial charge in [-0.3, -0.25) is 14.4 Å². The van der Waals surface area contributed by atoms with Gasteiger partial charge in [0.15, 0.2) is 0 Å². The number of hydrogen-bond acceptors (Lipinski definition) is 5. The first-order valence-electron chi connectivity index (χ1n) is 12.5. The van der Waals surface area contributed by atoms with E-state index in [0.29, 0.717) is 12.0 Å². The Morgan fingerprint density at radius 2 is 1.76 bits per heavy atom. The highest BCUT2D eigenvalue weighted by atomic mass is 19.1. The van der Waals surface area contributed by atoms with Crippen LogP contribution >= 0.6 is 0 Å². The average molecular weight is 522 g/mol. The smallest absolute Gasteiger partial charge is 0.274 e. The lowest BCUT2D eigenvalue weighted by Gasteiger charge is -2.46. The fourth-order valence-corrected chi connectivity index (χ4v) is 5.37. The molecule has 1 fully saturated rings. The van der Waals surface area contributed by atoms with Crippen LogP contribution < -0.4 is 21.1 Å². The number of hydrogen-bond donors (Lipinski definition) is 3. The molecule has 3 N–H and O–H groups in total. The summed E-state index contributed by atoms with van der Waals surface area (Å²) in [6.45, 7) is 1.87. The van der Waals surface area contributed by atoms with Crippen molar-refractivity contribution in [2.24, 2.45) is 0 Å². The predicted molar refractivity (Wildman–Crippen MR) is 136 cm³/mol. The van der Waals surface area contributed by atoms with Gasteiger partial charge in [0.2, 0.25) is 5.91 Å². The number of carbonyl (C=O) groups is 2. The van der Waals surface area contributed by atoms with E-state index in [9.17, 15) is 18.4 Å². The molecule has 0 saturated carbocycles. The standard InChI is InChI=1S/C29H29F2N3O4/c1-28(17-24-12-11-20-7-5-6-10-25(20)37-33-24)18-29(27(36)34-38-28,21-8-3-2-4-9-21)32-26(35)15-19-13-22(30)16-23(31)14-19/h2-10,13-14,16,24,33H,11-12,15,17-18H2,1H3,(H,32,35)(H,34,36)/t24-,28?,29+/m0/s1. The van der Waals surface area contributed by atoms with Crippen molar-refractivity contribution < 1.29 is 28.0 Å². The van der Waals surface area contributed by atoms with Crippen LogP contribution in [0, 0.1) is 11.6 Å². The third-order valence-corrected chi connectivity index (χ3v) is 7.07. The van der Waals surface area contributed by atoms with Crippen molar-refractivity contribution in [1.82, 2.24) is 16.3 Å². The Kier molecular flexibility index (Phi) is 7.14. The van der Waals surface area contributed by atoms with Gasteiger partial charge in [-0.1, -0.05) is 48.5 Å². The second-order valence-electron chi connectivity index (χ2n) is 10.2. The molecule has 9 heteroatoms. The molecule has 1 unspecified atom stereocenters. The highest BCUT2D eigenvalue weighted by Gasteiger charge is 2.52. The zero-order valence-corrected chi connectivity index (χ0v) is 20.9. The largest absolute Gasteiger partial charge is 0.408 e. The van der Waals surface area contributed by atoms with Crippen LogP contribution in [0.3, 0.4) is 0 Å². The molecule has 198 valence electrons. The molecule has 2 heterocycles. The predicted octanol–water partition coefficient (Wildman–Crippen LogP) is 4.02. The molecule has 3 aromatic rings. The highest BCUT2D eigenvalue weighted by Crippen LogP contribution is 2.39. The Hall–Kier alpha value is -3.82. The molecule has 1 saturated heterocycles. The van der Waals surface area contributed by atoms with Gasteiger partial charge < -0.3 is 10.2 Å². The second-order valence-corrected chi connectivity index (χ2v) is 10.2. The van der Waals surface area contributed by atoms with Gasteiger partial charge in [0.05, 0.1) is 12.0 Å². The molecule has 38 heavy (non-hydrogen) atoms. The zero-order valence-electron chi connectivity index (χ0n) is 20.9. The van der Waals surface area contributed by atoms with E-state index in [4.69, 9.17) is 9.68 Å². The van der Waals surface area contributed by atoms with Crippen molar-refractivity contribution in [3.05, 3.63) is 101 Å². The van der Waals surface area contributed by atoms with E-state index in [-0.39, 0.29) is 24.4 Å². The van der Waals surface area contributed by atoms with Crippen molar-refractivity contribution in [2.75, 3.05) is 0 Å². The van der Waals surface area contributed by atoms with Gasteiger partial charge in [0.1, 0.15) is 22.9 Å². The Morgan fingerprint density at radius 1 is 1.05 bits per heavy atom. The van der Waals surface area contributed by atoms with E-state index in [0.717, 1.165) is 42.4 Å². The van der Waals surface area contributed by atoms with Crippen LogP contribution in [0.5, 0.6) is 5.75 Å². The third kappa shape index (κ3) is 5.54. The number of nitrogens with one attached hydrogen (secondary N) is 3. The molecule has 3 aromatic carbocycles. The first-order valence-corrected chi connectivity index (χ1v) is 12.5. The van der Waals surface area contributed by atoms with Crippen molar-refractivity contribution in [2.45, 2.75) is 56.2 Å². The lowest BCUT2D eigenvalue weighted by atomic mass is 9.75. The monoisotopic (exact) mass is 521 g/mol. The number of halogens is 2. The van der Waals surface area contributed by atoms with Gasteiger partial charge in [-0.15, -0.1) is 0 Å². The minimum Gasteiger partial charge on any atom is -0.408 e. The van der Waals surface area contributed by atoms with E-state index < -0.39 is 34.6 Å². The van der Waals surface area contributed by atoms with E-state index in [1.807, 2.05) is 37.3 Å². The minimum atomic E-state index is -1.47. The second kappa shape index (κ2) is 10.5. The Morgan fingerprint density at radius 3 is 2.53 bits per heavy atom. The van der Waals surface area contributed by atoms with Crippen LogP contribution in [0.2, 0.25) is 0 Å². The van der Waals surface area contributed by atoms with E-state index in [1.165, 1.54) is 0 Å². The van der Waals surface area contributed by atoms with Gasteiger partial charge in [-0.25, -0.2) is 14.3 Å². The summed E-state index contributed by atoms with van der Waals surface area (Å²) < 4.78 is 27.4. The van der Waals surface area contributed by atoms with E-state index in [2.05, 4.69) is 16.3 Å². The summed E-state index contributed by atoms with van der Waals surface area (Å²) in [7, 11) is 0. The van der Waals surface area contributed by atoms with Crippen molar-refractivity contribution >= 4 is 11.8 Å². The lowest BCUT2D eigenvalue weighted by Crippen LogP contribution is -2.65. The van der Waals surface area contributed by atoms with Crippen LogP contribution in [0.1, 0.15) is 42.9 Å². The van der Waals surface area contributed by atoms with Gasteiger partial charge >= 0.3 is 0 Å². The van der Waals surface area contributed by atoms with Crippen LogP contribution in [0.25, 0.3) is 0 Å². The molecule has 7 nitrogen and oxygen atoms in total. The van der Waals surface area contributed by atoms with E-state index >= 15 is 0 Å². The van der Waals surface area contributed by atoms with Crippen molar-refractivity contribution in [3.63, 3.8) is 0 Å². The third-order valence-electron chi connectivity index (χ3n) is 7.07. The van der Waals surface area contributed by atoms with Crippen LogP contribution in [-0.2, 0) is 32.8 Å². The Labute approximate surface area is 219 Å². The summed E-state index contributed by atoms with van der Waals surface area (Å²) in [5, 5.41) is 2.88. The van der Waals surface area contributed by atoms with E-state index in [1.54, 1.807) is 24.3 Å². The summed E-state index contributed by atoms with van der Waals surface area (Å²) in [5.74, 6) is -1.86. The summed E-state index contributed by atoms with van der Waals surface area (Å²) in [6.07, 6.45) is 1.89. The van der Waals surface area contributed by atoms with Crippen molar-refractivity contribution in [3.8, 4) is 5.75 Å². The fraction of sp³-hybridized carbons (Fsp3) is 0.310. The quantitative estimate of drug-likeness (QED) is 0.456.